The van der Waals surface area contributed by atoms with Crippen LogP contribution in [0.5, 0.6) is 0 Å². The van der Waals surface area contributed by atoms with Crippen LogP contribution >= 0.6 is 0 Å². The highest BCUT2D eigenvalue weighted by molar-refractivity contribution is 5.94. The van der Waals surface area contributed by atoms with Crippen molar-refractivity contribution in [3.8, 4) is 0 Å². The molecule has 1 unspecified atom stereocenters. The van der Waals surface area contributed by atoms with Crippen molar-refractivity contribution in [3.63, 3.8) is 0 Å². The number of carbonyl (C=O) groups is 1. The van der Waals surface area contributed by atoms with E-state index in [4.69, 9.17) is 4.42 Å². The molecular weight excluding hydrogens is 452 g/mol. The van der Waals surface area contributed by atoms with E-state index in [1.54, 1.807) is 30.3 Å². The van der Waals surface area contributed by atoms with E-state index in [1.165, 1.54) is 5.56 Å². The van der Waals surface area contributed by atoms with Crippen LogP contribution in [0.1, 0.15) is 46.9 Å². The van der Waals surface area contributed by atoms with E-state index in [9.17, 15) is 14.7 Å². The summed E-state index contributed by atoms with van der Waals surface area (Å²) in [6.45, 7) is 7.75. The largest absolute Gasteiger partial charge is 0.478 e. The van der Waals surface area contributed by atoms with Crippen LogP contribution in [0.4, 0.5) is 11.6 Å². The molecule has 0 saturated carbocycles. The Morgan fingerprint density at radius 1 is 1.08 bits per heavy atom. The number of benzene rings is 3. The monoisotopic (exact) mass is 482 g/mol. The van der Waals surface area contributed by atoms with Gasteiger partial charge in [0.15, 0.2) is 11.3 Å². The Bertz CT molecular complexity index is 1490. The fourth-order valence-electron chi connectivity index (χ4n) is 5.24. The molecule has 0 amide bonds. The second-order valence-corrected chi connectivity index (χ2v) is 10.2. The standard InChI is InChI=1S/C30H30N2O4/c1-19-13-23(20(2)31-25-12-8-7-11-22(25)29(34)35)28-24(14-19)26(33)15-27(36-28)32-17-30(3,18-32)16-21-9-5-4-6-10-21/h4-15,20,31H,16-18H2,1-3H3,(H,34,35). The molecule has 2 N–H and O–H groups in total. The molecule has 3 aromatic carbocycles. The van der Waals surface area contributed by atoms with Crippen LogP contribution in [0.15, 0.2) is 82.0 Å². The predicted molar refractivity (Wildman–Crippen MR) is 143 cm³/mol. The zero-order valence-corrected chi connectivity index (χ0v) is 20.7. The van der Waals surface area contributed by atoms with Crippen molar-refractivity contribution in [2.45, 2.75) is 33.2 Å². The molecule has 0 bridgehead atoms. The van der Waals surface area contributed by atoms with Gasteiger partial charge < -0.3 is 19.7 Å². The Kier molecular flexibility index (Phi) is 6.04. The van der Waals surface area contributed by atoms with E-state index in [2.05, 4.69) is 41.4 Å². The van der Waals surface area contributed by atoms with Crippen molar-refractivity contribution in [2.75, 3.05) is 23.3 Å². The van der Waals surface area contributed by atoms with E-state index < -0.39 is 5.97 Å². The molecule has 4 aromatic rings. The third-order valence-corrected chi connectivity index (χ3v) is 6.92. The first-order chi connectivity index (χ1) is 17.2. The number of carboxylic acid groups (broad SMARTS) is 1. The number of hydrogen-bond acceptors (Lipinski definition) is 5. The predicted octanol–water partition coefficient (Wildman–Crippen LogP) is 6.04. The Labute approximate surface area is 210 Å². The fraction of sp³-hybridized carbons (Fsp3) is 0.267. The Morgan fingerprint density at radius 3 is 2.50 bits per heavy atom. The van der Waals surface area contributed by atoms with Gasteiger partial charge in [0.25, 0.3) is 0 Å². The normalized spacial score (nSPS) is 15.4. The van der Waals surface area contributed by atoms with Crippen LogP contribution in [-0.2, 0) is 6.42 Å². The van der Waals surface area contributed by atoms with Crippen molar-refractivity contribution in [3.05, 3.63) is 105 Å². The van der Waals surface area contributed by atoms with Gasteiger partial charge in [0, 0.05) is 35.8 Å². The number of para-hydroxylation sites is 1. The van der Waals surface area contributed by atoms with Gasteiger partial charge in [-0.2, -0.15) is 0 Å². The molecule has 1 fully saturated rings. The summed E-state index contributed by atoms with van der Waals surface area (Å²) < 4.78 is 6.38. The van der Waals surface area contributed by atoms with Gasteiger partial charge in [-0.05, 0) is 49.6 Å². The summed E-state index contributed by atoms with van der Waals surface area (Å²) in [5, 5.41) is 13.4. The zero-order valence-electron chi connectivity index (χ0n) is 20.7. The van der Waals surface area contributed by atoms with Crippen molar-refractivity contribution < 1.29 is 14.3 Å². The minimum atomic E-state index is -0.996. The van der Waals surface area contributed by atoms with Crippen LogP contribution in [0, 0.1) is 12.3 Å². The van der Waals surface area contributed by atoms with Gasteiger partial charge in [-0.25, -0.2) is 4.79 Å². The summed E-state index contributed by atoms with van der Waals surface area (Å²) in [7, 11) is 0. The van der Waals surface area contributed by atoms with Crippen LogP contribution in [0.25, 0.3) is 11.0 Å². The summed E-state index contributed by atoms with van der Waals surface area (Å²) >= 11 is 0. The third-order valence-electron chi connectivity index (χ3n) is 6.92. The molecule has 6 nitrogen and oxygen atoms in total. The highest BCUT2D eigenvalue weighted by atomic mass is 16.4. The molecule has 1 aromatic heterocycles. The lowest BCUT2D eigenvalue weighted by atomic mass is 9.77. The zero-order chi connectivity index (χ0) is 25.4. The van der Waals surface area contributed by atoms with Crippen LogP contribution in [0.3, 0.4) is 0 Å². The van der Waals surface area contributed by atoms with Gasteiger partial charge in [0.1, 0.15) is 5.58 Å². The molecular formula is C30H30N2O4. The summed E-state index contributed by atoms with van der Waals surface area (Å²) in [4.78, 5) is 26.9. The molecule has 0 spiro atoms. The van der Waals surface area contributed by atoms with E-state index in [0.717, 1.165) is 30.6 Å². The van der Waals surface area contributed by atoms with Gasteiger partial charge in [-0.1, -0.05) is 55.5 Å². The molecule has 36 heavy (non-hydrogen) atoms. The molecule has 1 atom stereocenters. The SMILES string of the molecule is Cc1cc(C(C)Nc2ccccc2C(=O)O)c2oc(N3CC(C)(Cc4ccccc4)C3)cc(=O)c2c1. The van der Waals surface area contributed by atoms with Crippen LogP contribution < -0.4 is 15.6 Å². The summed E-state index contributed by atoms with van der Waals surface area (Å²) in [5.41, 5.74) is 4.35. The molecule has 1 aliphatic rings. The highest BCUT2D eigenvalue weighted by Gasteiger charge is 2.40. The Balaban J connectivity index is 1.45. The van der Waals surface area contributed by atoms with Gasteiger partial charge in [0.2, 0.25) is 0 Å². The van der Waals surface area contributed by atoms with Crippen molar-refractivity contribution in [1.82, 2.24) is 0 Å². The molecule has 1 aliphatic heterocycles. The lowest BCUT2D eigenvalue weighted by molar-refractivity contribution is 0.0698. The number of carboxylic acids is 1. The topological polar surface area (TPSA) is 82.8 Å². The minimum absolute atomic E-state index is 0.0778. The first kappa shape index (κ1) is 23.7. The van der Waals surface area contributed by atoms with Gasteiger partial charge in [0.05, 0.1) is 17.0 Å². The Morgan fingerprint density at radius 2 is 1.78 bits per heavy atom. The number of anilines is 2. The van der Waals surface area contributed by atoms with E-state index in [0.29, 0.717) is 22.5 Å². The average Bonchev–Trinajstić information content (AvgIpc) is 2.83. The second kappa shape index (κ2) is 9.19. The number of aryl methyl sites for hydroxylation is 1. The smallest absolute Gasteiger partial charge is 0.337 e. The highest BCUT2D eigenvalue weighted by Crippen LogP contribution is 2.38. The van der Waals surface area contributed by atoms with Crippen molar-refractivity contribution in [1.29, 1.82) is 0 Å². The molecule has 1 saturated heterocycles. The lowest BCUT2D eigenvalue weighted by Gasteiger charge is -2.48. The maximum atomic E-state index is 13.1. The van der Waals surface area contributed by atoms with E-state index in [1.807, 2.05) is 32.0 Å². The summed E-state index contributed by atoms with van der Waals surface area (Å²) in [5.74, 6) is -0.425. The van der Waals surface area contributed by atoms with Gasteiger partial charge in [-0.3, -0.25) is 4.79 Å². The molecule has 5 rings (SSSR count). The molecule has 2 heterocycles. The number of nitrogens with zero attached hydrogens (tertiary/aromatic N) is 1. The number of rotatable bonds is 7. The van der Waals surface area contributed by atoms with Crippen molar-refractivity contribution >= 4 is 28.5 Å². The molecule has 0 aliphatic carbocycles. The number of fused-ring (bicyclic) bond motifs is 1. The molecule has 184 valence electrons. The Hall–Kier alpha value is -4.06. The van der Waals surface area contributed by atoms with Crippen LogP contribution in [-0.4, -0.2) is 24.2 Å². The maximum Gasteiger partial charge on any atom is 0.337 e. The fourth-order valence-corrected chi connectivity index (χ4v) is 5.24. The van der Waals surface area contributed by atoms with E-state index >= 15 is 0 Å². The second-order valence-electron chi connectivity index (χ2n) is 10.2. The maximum absolute atomic E-state index is 13.1. The minimum Gasteiger partial charge on any atom is -0.478 e. The van der Waals surface area contributed by atoms with Gasteiger partial charge >= 0.3 is 5.97 Å². The lowest BCUT2D eigenvalue weighted by Crippen LogP contribution is -2.56. The van der Waals surface area contributed by atoms with Crippen molar-refractivity contribution in [2.24, 2.45) is 5.41 Å². The number of aromatic carboxylic acids is 1. The summed E-state index contributed by atoms with van der Waals surface area (Å²) in [6, 6.07) is 22.4. The number of hydrogen-bond donors (Lipinski definition) is 2. The quantitative estimate of drug-likeness (QED) is 0.334. The third kappa shape index (κ3) is 4.59. The molecule has 0 radical (unpaired) electrons. The molecule has 6 heteroatoms. The average molecular weight is 483 g/mol. The first-order valence-electron chi connectivity index (χ1n) is 12.2. The number of nitrogens with one attached hydrogen (secondary N) is 1. The first-order valence-corrected chi connectivity index (χ1v) is 12.2. The van der Waals surface area contributed by atoms with Crippen LogP contribution in [0.2, 0.25) is 0 Å². The summed E-state index contributed by atoms with van der Waals surface area (Å²) in [6.07, 6.45) is 0.969. The van der Waals surface area contributed by atoms with E-state index in [-0.39, 0.29) is 22.4 Å². The van der Waals surface area contributed by atoms with Gasteiger partial charge in [-0.15, -0.1) is 0 Å².